The van der Waals surface area contributed by atoms with Crippen LogP contribution in [0.2, 0.25) is 0 Å². The number of aliphatic hydroxyl groups is 1. The minimum atomic E-state index is -1.56. The molecule has 0 spiro atoms. The van der Waals surface area contributed by atoms with Crippen molar-refractivity contribution in [3.63, 3.8) is 0 Å². The molecule has 0 aliphatic rings. The van der Waals surface area contributed by atoms with E-state index in [4.69, 9.17) is 10.5 Å². The summed E-state index contributed by atoms with van der Waals surface area (Å²) in [6.45, 7) is 15.6. The molecule has 0 bridgehead atoms. The highest BCUT2D eigenvalue weighted by Crippen LogP contribution is 2.21. The number of Topliss-reactive ketones (excluding diaryl/α,β-unsaturated/α-hetero) is 1. The maximum absolute atomic E-state index is 14.5. The maximum Gasteiger partial charge on any atom is 0.287 e. The van der Waals surface area contributed by atoms with Gasteiger partial charge in [0.05, 0.1) is 32.4 Å². The van der Waals surface area contributed by atoms with Crippen LogP contribution in [0.1, 0.15) is 90.8 Å². The van der Waals surface area contributed by atoms with Crippen molar-refractivity contribution in [2.24, 2.45) is 17.1 Å². The maximum atomic E-state index is 14.5. The van der Waals surface area contributed by atoms with Crippen molar-refractivity contribution in [2.75, 3.05) is 26.3 Å². The SMILES string of the molecule is C=CCN(CC(=O)N[C@@H](CO)C(=O)N[C@H](COCc1ccccc1)C(=O)N[C@@H](Cc1ccccc1C)C(=O)N[C@H](C(=O)N[C@@H](CC(C)C)C(=O)N[C@@H](CCCC)C(=O)C(N)=O)C(C)(C)C)C(C)=O. The number of nitrogens with zero attached hydrogens (tertiary/aromatic N) is 1. The van der Waals surface area contributed by atoms with Gasteiger partial charge in [-0.05, 0) is 47.8 Å². The van der Waals surface area contributed by atoms with Crippen LogP contribution in [0.5, 0.6) is 0 Å². The van der Waals surface area contributed by atoms with Gasteiger partial charge in [0.2, 0.25) is 47.1 Å². The molecule has 2 rings (SSSR count). The van der Waals surface area contributed by atoms with Gasteiger partial charge in [0.25, 0.3) is 5.91 Å². The summed E-state index contributed by atoms with van der Waals surface area (Å²) in [5, 5.41) is 25.9. The molecule has 19 heteroatoms. The van der Waals surface area contributed by atoms with E-state index in [2.05, 4.69) is 38.5 Å². The minimum Gasteiger partial charge on any atom is -0.394 e. The Morgan fingerprint density at radius 1 is 0.765 bits per heavy atom. The summed E-state index contributed by atoms with van der Waals surface area (Å²) in [4.78, 5) is 121. The van der Waals surface area contributed by atoms with Crippen LogP contribution in [0.25, 0.3) is 0 Å². The molecular formula is C49H72N8O11. The summed E-state index contributed by atoms with van der Waals surface area (Å²) >= 11 is 0. The van der Waals surface area contributed by atoms with Crippen LogP contribution in [0.3, 0.4) is 0 Å². The van der Waals surface area contributed by atoms with Crippen LogP contribution < -0.4 is 37.6 Å². The Bertz CT molecular complexity index is 2060. The number of hydrogen-bond donors (Lipinski definition) is 8. The normalized spacial score (nSPS) is 13.9. The Kier molecular flexibility index (Phi) is 24.3. The minimum absolute atomic E-state index is 0.0248. The number of primary amides is 1. The second kappa shape index (κ2) is 28.6. The van der Waals surface area contributed by atoms with Gasteiger partial charge in [0, 0.05) is 19.9 Å². The molecule has 374 valence electrons. The van der Waals surface area contributed by atoms with Crippen LogP contribution in [-0.2, 0) is 60.9 Å². The van der Waals surface area contributed by atoms with E-state index in [1.54, 1.807) is 63.2 Å². The molecule has 2 aromatic rings. The van der Waals surface area contributed by atoms with Crippen molar-refractivity contribution < 1.29 is 53.0 Å². The lowest BCUT2D eigenvalue weighted by Gasteiger charge is -2.34. The molecule has 0 unspecified atom stereocenters. The molecule has 0 aliphatic carbocycles. The third kappa shape index (κ3) is 19.8. The molecule has 0 saturated heterocycles. The van der Waals surface area contributed by atoms with Crippen molar-refractivity contribution in [1.29, 1.82) is 0 Å². The predicted molar refractivity (Wildman–Crippen MR) is 255 cm³/mol. The topological polar surface area (TPSA) is 285 Å². The van der Waals surface area contributed by atoms with Crippen molar-refractivity contribution >= 4 is 53.0 Å². The zero-order valence-corrected chi connectivity index (χ0v) is 40.6. The number of aliphatic hydroxyl groups excluding tert-OH is 1. The number of nitrogens with two attached hydrogens (primary N) is 1. The lowest BCUT2D eigenvalue weighted by molar-refractivity contribution is -0.139. The summed E-state index contributed by atoms with van der Waals surface area (Å²) in [6, 6.07) is 7.98. The van der Waals surface area contributed by atoms with Gasteiger partial charge >= 0.3 is 0 Å². The first-order valence-electron chi connectivity index (χ1n) is 22.8. The van der Waals surface area contributed by atoms with Crippen LogP contribution in [-0.4, -0.2) is 126 Å². The van der Waals surface area contributed by atoms with Crippen molar-refractivity contribution in [3.8, 4) is 0 Å². The van der Waals surface area contributed by atoms with Gasteiger partial charge in [0.1, 0.15) is 30.2 Å². The fourth-order valence-electron chi connectivity index (χ4n) is 6.93. The Morgan fingerprint density at radius 2 is 1.32 bits per heavy atom. The molecule has 0 aromatic heterocycles. The molecule has 9 N–H and O–H groups in total. The smallest absolute Gasteiger partial charge is 0.287 e. The number of ketones is 1. The fraction of sp³-hybridized carbons (Fsp3) is 0.531. The predicted octanol–water partition coefficient (Wildman–Crippen LogP) is 1.03. The first-order chi connectivity index (χ1) is 32.0. The first kappa shape index (κ1) is 57.7. The van der Waals surface area contributed by atoms with E-state index in [-0.39, 0.29) is 38.3 Å². The van der Waals surface area contributed by atoms with Gasteiger partial charge in [-0.3, -0.25) is 43.2 Å². The molecule has 6 atom stereocenters. The number of rotatable bonds is 29. The van der Waals surface area contributed by atoms with Crippen LogP contribution in [0, 0.1) is 18.3 Å². The number of carbonyl (C=O) groups is 9. The van der Waals surface area contributed by atoms with E-state index in [1.165, 1.54) is 13.0 Å². The monoisotopic (exact) mass is 949 g/mol. The van der Waals surface area contributed by atoms with E-state index in [0.717, 1.165) is 16.0 Å². The number of aryl methyl sites for hydroxylation is 1. The number of benzene rings is 2. The Balaban J connectivity index is 2.51. The Hall–Kier alpha value is -6.47. The molecule has 0 aliphatic heterocycles. The Labute approximate surface area is 399 Å². The van der Waals surface area contributed by atoms with E-state index < -0.39 is 114 Å². The Morgan fingerprint density at radius 3 is 1.88 bits per heavy atom. The van der Waals surface area contributed by atoms with E-state index in [0.29, 0.717) is 18.4 Å². The highest BCUT2D eigenvalue weighted by atomic mass is 16.5. The molecule has 19 nitrogen and oxygen atoms in total. The van der Waals surface area contributed by atoms with E-state index in [9.17, 15) is 48.3 Å². The third-order valence-corrected chi connectivity index (χ3v) is 10.8. The number of hydrogen-bond acceptors (Lipinski definition) is 11. The number of unbranched alkanes of at least 4 members (excludes halogenated alkanes) is 1. The van der Waals surface area contributed by atoms with E-state index >= 15 is 0 Å². The van der Waals surface area contributed by atoms with Crippen LogP contribution in [0.15, 0.2) is 67.3 Å². The van der Waals surface area contributed by atoms with Gasteiger partial charge in [-0.2, -0.15) is 0 Å². The zero-order valence-electron chi connectivity index (χ0n) is 40.6. The quantitative estimate of drug-likeness (QED) is 0.0421. The van der Waals surface area contributed by atoms with Crippen molar-refractivity contribution in [3.05, 3.63) is 83.9 Å². The zero-order chi connectivity index (χ0) is 51.1. The number of nitrogens with one attached hydrogen (secondary N) is 6. The summed E-state index contributed by atoms with van der Waals surface area (Å²) in [7, 11) is 0. The standard InChI is InChI=1S/C49H72N8O11/c1-10-12-22-35(41(61)43(50)62)52-44(63)36(24-30(3)4)54-48(67)42(49(7,8)9)56-45(64)37(25-34-21-17-16-18-31(34)5)53-47(66)39(29-68-28-33-19-14-13-15-20-33)55-46(65)38(27-58)51-40(60)26-57(23-11-2)32(6)59/h11,13-21,30,35-39,42,58H,2,10,12,22-29H2,1,3-9H3,(H2,50,62)(H,51,60)(H,52,63)(H,53,66)(H,54,67)(H,55,65)(H,56,64)/t35-,36-,37-,38-,39+,42+/m0/s1. The van der Waals surface area contributed by atoms with Gasteiger partial charge in [-0.15, -0.1) is 6.58 Å². The number of amides is 8. The lowest BCUT2D eigenvalue weighted by atomic mass is 9.85. The molecule has 2 aromatic carbocycles. The largest absolute Gasteiger partial charge is 0.394 e. The van der Waals surface area contributed by atoms with Crippen molar-refractivity contribution in [2.45, 2.75) is 130 Å². The summed E-state index contributed by atoms with van der Waals surface area (Å²) < 4.78 is 5.87. The summed E-state index contributed by atoms with van der Waals surface area (Å²) in [6.07, 6.45) is 2.81. The molecule has 0 radical (unpaired) electrons. The highest BCUT2D eigenvalue weighted by Gasteiger charge is 2.39. The molecule has 0 heterocycles. The van der Waals surface area contributed by atoms with E-state index in [1.807, 2.05) is 39.8 Å². The van der Waals surface area contributed by atoms with Crippen LogP contribution >= 0.6 is 0 Å². The fourth-order valence-corrected chi connectivity index (χ4v) is 6.93. The van der Waals surface area contributed by atoms with Crippen LogP contribution in [0.4, 0.5) is 0 Å². The first-order valence-corrected chi connectivity index (χ1v) is 22.8. The molecule has 0 fully saturated rings. The average Bonchev–Trinajstić information content (AvgIpc) is 3.27. The third-order valence-electron chi connectivity index (χ3n) is 10.8. The van der Waals surface area contributed by atoms with Gasteiger partial charge in [-0.1, -0.05) is 115 Å². The van der Waals surface area contributed by atoms with Gasteiger partial charge in [0.15, 0.2) is 0 Å². The van der Waals surface area contributed by atoms with Crippen molar-refractivity contribution in [1.82, 2.24) is 36.8 Å². The lowest BCUT2D eigenvalue weighted by Crippen LogP contribution is -2.63. The number of carbonyl (C=O) groups excluding carboxylic acids is 9. The highest BCUT2D eigenvalue weighted by molar-refractivity contribution is 6.37. The molecular weight excluding hydrogens is 877 g/mol. The molecule has 8 amide bonds. The average molecular weight is 949 g/mol. The van der Waals surface area contributed by atoms with Gasteiger partial charge in [-0.25, -0.2) is 0 Å². The molecule has 0 saturated carbocycles. The molecule has 68 heavy (non-hydrogen) atoms. The number of ether oxygens (including phenoxy) is 1. The summed E-state index contributed by atoms with van der Waals surface area (Å²) in [5.41, 5.74) is 6.49. The van der Waals surface area contributed by atoms with Gasteiger partial charge < -0.3 is 52.4 Å². The second-order valence-electron chi connectivity index (χ2n) is 18.2. The second-order valence-corrected chi connectivity index (χ2v) is 18.2. The summed E-state index contributed by atoms with van der Waals surface area (Å²) in [5.74, 6) is -7.61.